The Kier molecular flexibility index (Phi) is 12.4. The van der Waals surface area contributed by atoms with Gasteiger partial charge in [-0.15, -0.1) is 0 Å². The maximum atomic E-state index is 13.7. The number of pyridine rings is 1. The molecule has 0 saturated heterocycles. The third-order valence-corrected chi connectivity index (χ3v) is 7.97. The molecule has 1 heterocycles. The first-order valence-electron chi connectivity index (χ1n) is 14.9. The van der Waals surface area contributed by atoms with E-state index in [1.807, 2.05) is 0 Å². The third-order valence-electron chi connectivity index (χ3n) is 7.97. The van der Waals surface area contributed by atoms with Gasteiger partial charge in [0.1, 0.15) is 5.82 Å². The summed E-state index contributed by atoms with van der Waals surface area (Å²) in [5, 5.41) is 0. The number of anilines is 1. The molecule has 0 spiro atoms. The number of halogens is 9. The predicted molar refractivity (Wildman–Crippen MR) is 152 cm³/mol. The van der Waals surface area contributed by atoms with E-state index in [1.54, 1.807) is 18.7 Å². The highest BCUT2D eigenvalue weighted by atomic mass is 19.4. The van der Waals surface area contributed by atoms with E-state index in [-0.39, 0.29) is 48.4 Å². The standard InChI is InChI=1S/C31H36F9N3O4/c1-4-42(16-20-8-6-19(7-9-20)12-26(44)47-5-2)27-22(13-25(15-41-27)31(38,39)40)18-43(28(45)46-3)17-21-10-23(29(32,33)34)14-24(11-21)30(35,36)37/h10-11,13-15,19-20H,4-9,12,16-18H2,1-3H3. The van der Waals surface area contributed by atoms with Crippen molar-refractivity contribution < 1.29 is 58.6 Å². The van der Waals surface area contributed by atoms with Crippen LogP contribution in [0, 0.1) is 11.8 Å². The summed E-state index contributed by atoms with van der Waals surface area (Å²) in [7, 11) is 0.921. The van der Waals surface area contributed by atoms with Crippen LogP contribution < -0.4 is 4.90 Å². The van der Waals surface area contributed by atoms with Crippen LogP contribution >= 0.6 is 0 Å². The van der Waals surface area contributed by atoms with Gasteiger partial charge in [0.2, 0.25) is 0 Å². The van der Waals surface area contributed by atoms with Crippen molar-refractivity contribution >= 4 is 17.9 Å². The van der Waals surface area contributed by atoms with Crippen molar-refractivity contribution in [3.63, 3.8) is 0 Å². The molecule has 0 aliphatic heterocycles. The first-order valence-corrected chi connectivity index (χ1v) is 14.9. The Bertz CT molecular complexity index is 1340. The second-order valence-corrected chi connectivity index (χ2v) is 11.4. The molecule has 7 nitrogen and oxygen atoms in total. The molecule has 0 bridgehead atoms. The molecule has 1 aliphatic rings. The van der Waals surface area contributed by atoms with Gasteiger partial charge in [-0.05, 0) is 81.2 Å². The van der Waals surface area contributed by atoms with E-state index in [2.05, 4.69) is 4.98 Å². The van der Waals surface area contributed by atoms with E-state index >= 15 is 0 Å². The van der Waals surface area contributed by atoms with E-state index in [0.717, 1.165) is 38.9 Å². The van der Waals surface area contributed by atoms with Crippen molar-refractivity contribution in [1.29, 1.82) is 0 Å². The van der Waals surface area contributed by atoms with Gasteiger partial charge >= 0.3 is 30.6 Å². The second-order valence-electron chi connectivity index (χ2n) is 11.4. The van der Waals surface area contributed by atoms with Crippen LogP contribution in [0.15, 0.2) is 30.5 Å². The Morgan fingerprint density at radius 3 is 1.85 bits per heavy atom. The second kappa shape index (κ2) is 15.5. The van der Waals surface area contributed by atoms with Gasteiger partial charge in [-0.25, -0.2) is 9.78 Å². The molecule has 16 heteroatoms. The summed E-state index contributed by atoms with van der Waals surface area (Å²) in [6, 6.07) is 1.56. The molecule has 1 aromatic carbocycles. The van der Waals surface area contributed by atoms with E-state index in [1.165, 1.54) is 0 Å². The number of hydrogen-bond acceptors (Lipinski definition) is 6. The first kappa shape index (κ1) is 37.7. The largest absolute Gasteiger partial charge is 0.466 e. The number of alkyl halides is 9. The van der Waals surface area contributed by atoms with Gasteiger partial charge in [-0.2, -0.15) is 39.5 Å². The zero-order valence-electron chi connectivity index (χ0n) is 26.0. The molecule has 1 saturated carbocycles. The molecular weight excluding hydrogens is 649 g/mol. The molecule has 3 rings (SSSR count). The van der Waals surface area contributed by atoms with Gasteiger partial charge < -0.3 is 14.4 Å². The van der Waals surface area contributed by atoms with Gasteiger partial charge in [0, 0.05) is 37.8 Å². The number of nitrogens with zero attached hydrogens (tertiary/aromatic N) is 3. The number of benzene rings is 1. The van der Waals surface area contributed by atoms with Gasteiger partial charge in [0.15, 0.2) is 0 Å². The van der Waals surface area contributed by atoms with Crippen LogP contribution in [0.5, 0.6) is 0 Å². The van der Waals surface area contributed by atoms with Crippen LogP contribution in [0.25, 0.3) is 0 Å². The van der Waals surface area contributed by atoms with Crippen molar-refractivity contribution in [2.75, 3.05) is 31.7 Å². The predicted octanol–water partition coefficient (Wildman–Crippen LogP) is 8.49. The Morgan fingerprint density at radius 2 is 1.36 bits per heavy atom. The van der Waals surface area contributed by atoms with Gasteiger partial charge in [0.05, 0.1) is 37.0 Å². The summed E-state index contributed by atoms with van der Waals surface area (Å²) >= 11 is 0. The monoisotopic (exact) mass is 685 g/mol. The lowest BCUT2D eigenvalue weighted by Gasteiger charge is -2.34. The molecule has 0 N–H and O–H groups in total. The third kappa shape index (κ3) is 10.6. The SMILES string of the molecule is CCOC(=O)CC1CCC(CN(CC)c2ncc(C(F)(F)F)cc2CN(Cc2cc(C(F)(F)F)cc(C(F)(F)F)c2)C(=O)OC)CC1. The summed E-state index contributed by atoms with van der Waals surface area (Å²) in [6.07, 6.45) is -12.5. The molecule has 262 valence electrons. The maximum Gasteiger partial charge on any atom is 0.417 e. The van der Waals surface area contributed by atoms with Gasteiger partial charge in [0.25, 0.3) is 0 Å². The normalized spacial score (nSPS) is 17.3. The number of rotatable bonds is 11. The Hall–Kier alpha value is -3.72. The highest BCUT2D eigenvalue weighted by Crippen LogP contribution is 2.38. The number of hydrogen-bond donors (Lipinski definition) is 0. The molecule has 1 aromatic heterocycles. The summed E-state index contributed by atoms with van der Waals surface area (Å²) in [4.78, 5) is 31.1. The number of carbonyl (C=O) groups is 2. The van der Waals surface area contributed by atoms with Crippen molar-refractivity contribution in [3.8, 4) is 0 Å². The lowest BCUT2D eigenvalue weighted by atomic mass is 9.80. The highest BCUT2D eigenvalue weighted by Gasteiger charge is 2.38. The maximum absolute atomic E-state index is 13.7. The van der Waals surface area contributed by atoms with Crippen molar-refractivity contribution in [2.24, 2.45) is 11.8 Å². The van der Waals surface area contributed by atoms with Gasteiger partial charge in [-0.1, -0.05) is 0 Å². The lowest BCUT2D eigenvalue weighted by molar-refractivity contribution is -0.145. The quantitative estimate of drug-likeness (QED) is 0.175. The summed E-state index contributed by atoms with van der Waals surface area (Å²) < 4.78 is 132. The minimum absolute atomic E-state index is 0.0652. The first-order chi connectivity index (χ1) is 21.8. The Balaban J connectivity index is 1.94. The lowest BCUT2D eigenvalue weighted by Crippen LogP contribution is -2.35. The van der Waals surface area contributed by atoms with Crippen LogP contribution in [-0.2, 0) is 45.9 Å². The number of aromatic nitrogens is 1. The van der Waals surface area contributed by atoms with E-state index in [4.69, 9.17) is 9.47 Å². The molecule has 1 aliphatic carbocycles. The topological polar surface area (TPSA) is 72.0 Å². The van der Waals surface area contributed by atoms with Crippen LogP contribution in [-0.4, -0.2) is 48.8 Å². The van der Waals surface area contributed by atoms with Crippen LogP contribution in [0.1, 0.15) is 73.8 Å². The molecule has 2 aromatic rings. The molecule has 1 amide bonds. The summed E-state index contributed by atoms with van der Waals surface area (Å²) in [5.74, 6) is 0.0260. The molecule has 0 radical (unpaired) electrons. The van der Waals surface area contributed by atoms with E-state index in [9.17, 15) is 49.1 Å². The van der Waals surface area contributed by atoms with Crippen LogP contribution in [0.2, 0.25) is 0 Å². The zero-order valence-corrected chi connectivity index (χ0v) is 26.0. The van der Waals surface area contributed by atoms with Gasteiger partial charge in [-0.3, -0.25) is 9.69 Å². The summed E-state index contributed by atoms with van der Waals surface area (Å²) in [6.45, 7) is 2.89. The van der Waals surface area contributed by atoms with Crippen molar-refractivity contribution in [3.05, 3.63) is 58.3 Å². The highest BCUT2D eigenvalue weighted by molar-refractivity contribution is 5.69. The fourth-order valence-corrected chi connectivity index (χ4v) is 5.66. The summed E-state index contributed by atoms with van der Waals surface area (Å²) in [5.41, 5.74) is -5.07. The average Bonchev–Trinajstić information content (AvgIpc) is 2.98. The Labute approximate surface area is 266 Å². The zero-order chi connectivity index (χ0) is 35.2. The molecule has 0 atom stereocenters. The number of carbonyl (C=O) groups excluding carboxylic acids is 2. The van der Waals surface area contributed by atoms with Crippen LogP contribution in [0.4, 0.5) is 50.1 Å². The Morgan fingerprint density at radius 1 is 0.809 bits per heavy atom. The smallest absolute Gasteiger partial charge is 0.417 e. The fraction of sp³-hybridized carbons (Fsp3) is 0.581. The van der Waals surface area contributed by atoms with Crippen LogP contribution in [0.3, 0.4) is 0 Å². The van der Waals surface area contributed by atoms with Crippen molar-refractivity contribution in [1.82, 2.24) is 9.88 Å². The fourth-order valence-electron chi connectivity index (χ4n) is 5.66. The minimum Gasteiger partial charge on any atom is -0.466 e. The molecule has 0 unspecified atom stereocenters. The van der Waals surface area contributed by atoms with E-state index in [0.29, 0.717) is 36.2 Å². The molecule has 1 fully saturated rings. The minimum atomic E-state index is -5.15. The van der Waals surface area contributed by atoms with E-state index < -0.39 is 60.0 Å². The van der Waals surface area contributed by atoms with Crippen molar-refractivity contribution in [2.45, 2.75) is 77.6 Å². The molecular formula is C31H36F9N3O4. The number of amides is 1. The number of methoxy groups -OCH3 is 1. The number of ether oxygens (including phenoxy) is 2. The molecule has 47 heavy (non-hydrogen) atoms. The average molecular weight is 686 g/mol. The number of esters is 1.